The van der Waals surface area contributed by atoms with Gasteiger partial charge in [-0.05, 0) is 40.5 Å². The molecule has 1 fully saturated rings. The highest BCUT2D eigenvalue weighted by atomic mass is 16.6. The first-order valence-corrected chi connectivity index (χ1v) is 6.85. The van der Waals surface area contributed by atoms with E-state index < -0.39 is 5.60 Å². The number of hydrogen-bond acceptors (Lipinski definition) is 4. The van der Waals surface area contributed by atoms with Crippen LogP contribution in [0.5, 0.6) is 0 Å². The van der Waals surface area contributed by atoms with Gasteiger partial charge >= 0.3 is 5.97 Å². The number of hydrogen-bond donors (Lipinski definition) is 2. The third kappa shape index (κ3) is 4.58. The minimum Gasteiger partial charge on any atom is -0.459 e. The molecule has 0 radical (unpaired) electrons. The summed E-state index contributed by atoms with van der Waals surface area (Å²) in [7, 11) is 0. The van der Waals surface area contributed by atoms with E-state index in [9.17, 15) is 9.90 Å². The summed E-state index contributed by atoms with van der Waals surface area (Å²) in [5.74, 6) is -0.228. The maximum Gasteiger partial charge on any atom is 0.323 e. The normalized spacial score (nSPS) is 20.7. The van der Waals surface area contributed by atoms with Crippen LogP contribution in [0.4, 0.5) is 0 Å². The number of carbonyl (C=O) groups is 1. The first-order valence-electron chi connectivity index (χ1n) is 6.85. The van der Waals surface area contributed by atoms with Crippen LogP contribution in [0.3, 0.4) is 0 Å². The Morgan fingerprint density at radius 2 is 1.94 bits per heavy atom. The summed E-state index contributed by atoms with van der Waals surface area (Å²) >= 11 is 0. The first kappa shape index (κ1) is 15.4. The van der Waals surface area contributed by atoms with Gasteiger partial charge in [-0.1, -0.05) is 12.8 Å². The molecule has 4 heteroatoms. The zero-order valence-electron chi connectivity index (χ0n) is 12.1. The fourth-order valence-corrected chi connectivity index (χ4v) is 2.36. The van der Waals surface area contributed by atoms with Crippen molar-refractivity contribution in [2.24, 2.45) is 5.41 Å². The fourth-order valence-electron chi connectivity index (χ4n) is 2.36. The van der Waals surface area contributed by atoms with Crippen LogP contribution in [0.15, 0.2) is 0 Å². The van der Waals surface area contributed by atoms with Crippen LogP contribution in [-0.4, -0.2) is 35.9 Å². The van der Waals surface area contributed by atoms with Gasteiger partial charge in [0.1, 0.15) is 11.6 Å². The van der Waals surface area contributed by atoms with Crippen molar-refractivity contribution in [1.82, 2.24) is 5.32 Å². The molecule has 0 aromatic rings. The highest BCUT2D eigenvalue weighted by Crippen LogP contribution is 2.36. The number of aliphatic hydroxyl groups is 1. The molecule has 0 saturated heterocycles. The quantitative estimate of drug-likeness (QED) is 0.738. The molecule has 2 N–H and O–H groups in total. The van der Waals surface area contributed by atoms with Crippen molar-refractivity contribution in [3.63, 3.8) is 0 Å². The van der Waals surface area contributed by atoms with Crippen molar-refractivity contribution in [2.75, 3.05) is 13.2 Å². The van der Waals surface area contributed by atoms with E-state index in [2.05, 4.69) is 5.32 Å². The van der Waals surface area contributed by atoms with E-state index in [1.165, 1.54) is 12.8 Å². The second kappa shape index (κ2) is 6.02. The molecule has 0 aliphatic heterocycles. The Kier molecular flexibility index (Phi) is 5.17. The van der Waals surface area contributed by atoms with Crippen LogP contribution in [0.2, 0.25) is 0 Å². The van der Waals surface area contributed by atoms with Gasteiger partial charge in [0.15, 0.2) is 0 Å². The number of carbonyl (C=O) groups excluding carboxylic acids is 1. The SMILES string of the molecule is CC(NCC1(CO)CCCC1)C(=O)OC(C)(C)C. The smallest absolute Gasteiger partial charge is 0.323 e. The van der Waals surface area contributed by atoms with Gasteiger partial charge in [-0.3, -0.25) is 4.79 Å². The van der Waals surface area contributed by atoms with Crippen molar-refractivity contribution < 1.29 is 14.6 Å². The maximum absolute atomic E-state index is 11.8. The summed E-state index contributed by atoms with van der Waals surface area (Å²) < 4.78 is 5.32. The fraction of sp³-hybridized carbons (Fsp3) is 0.929. The van der Waals surface area contributed by atoms with E-state index in [1.54, 1.807) is 0 Å². The highest BCUT2D eigenvalue weighted by molar-refractivity contribution is 5.75. The zero-order chi connectivity index (χ0) is 13.8. The van der Waals surface area contributed by atoms with Crippen molar-refractivity contribution in [2.45, 2.75) is 65.0 Å². The average molecular weight is 257 g/mol. The van der Waals surface area contributed by atoms with Gasteiger partial charge in [0.25, 0.3) is 0 Å². The van der Waals surface area contributed by atoms with Crippen LogP contribution >= 0.6 is 0 Å². The van der Waals surface area contributed by atoms with Crippen molar-refractivity contribution >= 4 is 5.97 Å². The van der Waals surface area contributed by atoms with Gasteiger partial charge in [-0.15, -0.1) is 0 Å². The van der Waals surface area contributed by atoms with Gasteiger partial charge in [0.2, 0.25) is 0 Å². The summed E-state index contributed by atoms with van der Waals surface area (Å²) in [4.78, 5) is 11.8. The second-order valence-corrected chi connectivity index (χ2v) is 6.50. The molecule has 18 heavy (non-hydrogen) atoms. The molecule has 0 spiro atoms. The van der Waals surface area contributed by atoms with E-state index in [0.717, 1.165) is 12.8 Å². The molecule has 0 amide bonds. The Bertz CT molecular complexity index is 277. The van der Waals surface area contributed by atoms with Crippen LogP contribution in [-0.2, 0) is 9.53 Å². The van der Waals surface area contributed by atoms with Crippen LogP contribution in [0, 0.1) is 5.41 Å². The van der Waals surface area contributed by atoms with Gasteiger partial charge in [0.05, 0.1) is 0 Å². The number of ether oxygens (including phenoxy) is 1. The topological polar surface area (TPSA) is 58.6 Å². The Hall–Kier alpha value is -0.610. The van der Waals surface area contributed by atoms with Crippen molar-refractivity contribution in [3.8, 4) is 0 Å². The molecule has 1 unspecified atom stereocenters. The second-order valence-electron chi connectivity index (χ2n) is 6.50. The van der Waals surface area contributed by atoms with Gasteiger partial charge in [-0.25, -0.2) is 0 Å². The van der Waals surface area contributed by atoms with E-state index in [1.807, 2.05) is 27.7 Å². The van der Waals surface area contributed by atoms with Crippen LogP contribution < -0.4 is 5.32 Å². The largest absolute Gasteiger partial charge is 0.459 e. The van der Waals surface area contributed by atoms with Gasteiger partial charge in [-0.2, -0.15) is 0 Å². The molecule has 0 aromatic heterocycles. The Morgan fingerprint density at radius 3 is 2.39 bits per heavy atom. The lowest BCUT2D eigenvalue weighted by Crippen LogP contribution is -2.44. The summed E-state index contributed by atoms with van der Waals surface area (Å²) in [6.45, 7) is 8.29. The van der Waals surface area contributed by atoms with Gasteiger partial charge in [0, 0.05) is 18.6 Å². The third-order valence-corrected chi connectivity index (χ3v) is 3.54. The molecule has 1 rings (SSSR count). The van der Waals surface area contributed by atoms with E-state index in [-0.39, 0.29) is 24.0 Å². The average Bonchev–Trinajstić information content (AvgIpc) is 2.73. The highest BCUT2D eigenvalue weighted by Gasteiger charge is 2.34. The molecule has 1 atom stereocenters. The van der Waals surface area contributed by atoms with E-state index >= 15 is 0 Å². The molecule has 0 heterocycles. The van der Waals surface area contributed by atoms with E-state index in [0.29, 0.717) is 6.54 Å². The molecular formula is C14H27NO3. The van der Waals surface area contributed by atoms with Crippen molar-refractivity contribution in [1.29, 1.82) is 0 Å². The van der Waals surface area contributed by atoms with Crippen LogP contribution in [0.1, 0.15) is 53.4 Å². The molecule has 0 aromatic carbocycles. The predicted molar refractivity (Wildman–Crippen MR) is 71.3 cm³/mol. The van der Waals surface area contributed by atoms with Gasteiger partial charge < -0.3 is 15.2 Å². The minimum absolute atomic E-state index is 0.0315. The Labute approximate surface area is 110 Å². The molecule has 106 valence electrons. The number of aliphatic hydroxyl groups excluding tert-OH is 1. The lowest BCUT2D eigenvalue weighted by molar-refractivity contribution is -0.157. The molecular weight excluding hydrogens is 230 g/mol. The molecule has 1 saturated carbocycles. The third-order valence-electron chi connectivity index (χ3n) is 3.54. The molecule has 4 nitrogen and oxygen atoms in total. The number of rotatable bonds is 5. The number of esters is 1. The predicted octanol–water partition coefficient (Wildman–Crippen LogP) is 1.86. The standard InChI is InChI=1S/C14H27NO3/c1-11(12(17)18-13(2,3)4)15-9-14(10-16)7-5-6-8-14/h11,15-16H,5-10H2,1-4H3. The first-order chi connectivity index (χ1) is 8.28. The number of nitrogens with one attached hydrogen (secondary N) is 1. The minimum atomic E-state index is -0.449. The van der Waals surface area contributed by atoms with Crippen LogP contribution in [0.25, 0.3) is 0 Å². The molecule has 1 aliphatic carbocycles. The zero-order valence-corrected chi connectivity index (χ0v) is 12.1. The summed E-state index contributed by atoms with van der Waals surface area (Å²) in [6, 6.07) is -0.326. The summed E-state index contributed by atoms with van der Waals surface area (Å²) in [6.07, 6.45) is 4.42. The summed E-state index contributed by atoms with van der Waals surface area (Å²) in [5.41, 5.74) is -0.481. The lowest BCUT2D eigenvalue weighted by atomic mass is 9.87. The molecule has 1 aliphatic rings. The Morgan fingerprint density at radius 1 is 1.39 bits per heavy atom. The van der Waals surface area contributed by atoms with E-state index in [4.69, 9.17) is 4.74 Å². The molecule has 0 bridgehead atoms. The lowest BCUT2D eigenvalue weighted by Gasteiger charge is -2.29. The van der Waals surface area contributed by atoms with Crippen molar-refractivity contribution in [3.05, 3.63) is 0 Å². The Balaban J connectivity index is 2.40. The maximum atomic E-state index is 11.8. The summed E-state index contributed by atoms with van der Waals surface area (Å²) in [5, 5.41) is 12.7. The monoisotopic (exact) mass is 257 g/mol.